The summed E-state index contributed by atoms with van der Waals surface area (Å²) in [6, 6.07) is 10.1. The van der Waals surface area contributed by atoms with Crippen molar-refractivity contribution in [3.05, 3.63) is 30.3 Å². The molecule has 2 bridgehead atoms. The minimum Gasteiger partial charge on any atom is -0.336 e. The molecule has 5 nitrogen and oxygen atoms in total. The van der Waals surface area contributed by atoms with Crippen LogP contribution in [0.25, 0.3) is 0 Å². The van der Waals surface area contributed by atoms with Crippen LogP contribution in [0.2, 0.25) is 0 Å². The van der Waals surface area contributed by atoms with E-state index in [2.05, 4.69) is 20.4 Å². The van der Waals surface area contributed by atoms with E-state index < -0.39 is 0 Å². The summed E-state index contributed by atoms with van der Waals surface area (Å²) in [7, 11) is 0. The molecule has 0 saturated carbocycles. The number of urea groups is 1. The van der Waals surface area contributed by atoms with Gasteiger partial charge in [-0.1, -0.05) is 24.6 Å². The van der Waals surface area contributed by atoms with Gasteiger partial charge in [0.2, 0.25) is 0 Å². The fraction of sp³-hybridized carbons (Fsp3) is 0.667. The molecule has 1 aromatic carbocycles. The average molecular weight is 357 g/mol. The summed E-state index contributed by atoms with van der Waals surface area (Å²) < 4.78 is 0. The minimum atomic E-state index is -0.0938. The molecular formula is C21H32N4O. The maximum Gasteiger partial charge on any atom is 0.319 e. The Balaban J connectivity index is 1.23. The van der Waals surface area contributed by atoms with Gasteiger partial charge in [0.1, 0.15) is 0 Å². The molecule has 2 amide bonds. The zero-order chi connectivity index (χ0) is 17.8. The molecule has 4 heterocycles. The van der Waals surface area contributed by atoms with Crippen LogP contribution in [0.1, 0.15) is 32.1 Å². The number of fused-ring (bicyclic) bond motifs is 3. The Hall–Kier alpha value is -1.59. The Labute approximate surface area is 157 Å². The van der Waals surface area contributed by atoms with Gasteiger partial charge in [-0.25, -0.2) is 4.79 Å². The second-order valence-electron chi connectivity index (χ2n) is 8.26. The third-order valence-electron chi connectivity index (χ3n) is 6.49. The maximum atomic E-state index is 12.1. The number of anilines is 1. The van der Waals surface area contributed by atoms with Gasteiger partial charge < -0.3 is 15.5 Å². The molecule has 4 saturated heterocycles. The summed E-state index contributed by atoms with van der Waals surface area (Å²) >= 11 is 0. The van der Waals surface area contributed by atoms with Crippen LogP contribution in [0, 0.1) is 11.8 Å². The lowest BCUT2D eigenvalue weighted by Gasteiger charge is -2.51. The predicted molar refractivity (Wildman–Crippen MR) is 105 cm³/mol. The predicted octanol–water partition coefficient (Wildman–Crippen LogP) is 3.00. The standard InChI is InChI=1S/C21H32N4O/c26-21(23-19-7-3-1-4-8-19)22-14-20-13-17-9-12-25(20)16-18(17)15-24-10-5-2-6-11-24/h1,3-4,7-8,17-18,20H,2,5-6,9-16H2,(H2,22,23,26). The number of carbonyl (C=O) groups is 1. The number of piperidine rings is 4. The lowest BCUT2D eigenvalue weighted by molar-refractivity contribution is -0.0128. The first-order valence-corrected chi connectivity index (χ1v) is 10.3. The molecule has 0 aliphatic carbocycles. The van der Waals surface area contributed by atoms with E-state index in [0.717, 1.165) is 24.1 Å². The first kappa shape index (κ1) is 17.8. The van der Waals surface area contributed by atoms with E-state index in [9.17, 15) is 4.79 Å². The fourth-order valence-electron chi connectivity index (χ4n) is 5.05. The van der Waals surface area contributed by atoms with Crippen LogP contribution in [-0.4, -0.2) is 61.1 Å². The van der Waals surface area contributed by atoms with Crippen LogP contribution in [0.15, 0.2) is 30.3 Å². The molecule has 4 aliphatic heterocycles. The quantitative estimate of drug-likeness (QED) is 0.853. The number of benzene rings is 1. The van der Waals surface area contributed by atoms with Crippen LogP contribution >= 0.6 is 0 Å². The largest absolute Gasteiger partial charge is 0.336 e. The average Bonchev–Trinajstić information content (AvgIpc) is 2.69. The molecule has 5 heteroatoms. The molecule has 26 heavy (non-hydrogen) atoms. The normalized spacial score (nSPS) is 31.5. The van der Waals surface area contributed by atoms with Crippen molar-refractivity contribution in [1.82, 2.24) is 15.1 Å². The first-order chi connectivity index (χ1) is 12.8. The van der Waals surface area contributed by atoms with Gasteiger partial charge in [0.15, 0.2) is 0 Å². The Kier molecular flexibility index (Phi) is 5.75. The van der Waals surface area contributed by atoms with E-state index in [1.165, 1.54) is 64.8 Å². The van der Waals surface area contributed by atoms with Crippen molar-refractivity contribution >= 4 is 11.7 Å². The maximum absolute atomic E-state index is 12.1. The van der Waals surface area contributed by atoms with E-state index in [1.54, 1.807) is 0 Å². The molecule has 2 N–H and O–H groups in total. The molecule has 0 aromatic heterocycles. The summed E-state index contributed by atoms with van der Waals surface area (Å²) in [4.78, 5) is 17.5. The monoisotopic (exact) mass is 356 g/mol. The number of amides is 2. The number of carbonyl (C=O) groups excluding carboxylic acids is 1. The van der Waals surface area contributed by atoms with Crippen molar-refractivity contribution in [3.8, 4) is 0 Å². The number of para-hydroxylation sites is 1. The SMILES string of the molecule is O=C(NCC1CC2CCN1CC2CN1CCCCC1)Nc1ccccc1. The number of likely N-dealkylation sites (tertiary alicyclic amines) is 1. The van der Waals surface area contributed by atoms with Crippen LogP contribution < -0.4 is 10.6 Å². The van der Waals surface area contributed by atoms with Crippen molar-refractivity contribution in [3.63, 3.8) is 0 Å². The molecule has 4 unspecified atom stereocenters. The van der Waals surface area contributed by atoms with Gasteiger partial charge >= 0.3 is 6.03 Å². The van der Waals surface area contributed by atoms with Gasteiger partial charge in [0, 0.05) is 31.4 Å². The second kappa shape index (κ2) is 8.40. The van der Waals surface area contributed by atoms with E-state index in [4.69, 9.17) is 0 Å². The van der Waals surface area contributed by atoms with Gasteiger partial charge in [-0.05, 0) is 69.3 Å². The van der Waals surface area contributed by atoms with Crippen LogP contribution in [0.3, 0.4) is 0 Å². The smallest absolute Gasteiger partial charge is 0.319 e. The van der Waals surface area contributed by atoms with E-state index in [1.807, 2.05) is 30.3 Å². The lowest BCUT2D eigenvalue weighted by atomic mass is 9.75. The Morgan fingerprint density at radius 2 is 1.88 bits per heavy atom. The highest BCUT2D eigenvalue weighted by molar-refractivity contribution is 5.89. The van der Waals surface area contributed by atoms with Crippen LogP contribution in [0.4, 0.5) is 10.5 Å². The Bertz CT molecular complexity index is 587. The highest BCUT2D eigenvalue weighted by Gasteiger charge is 2.40. The molecule has 142 valence electrons. The zero-order valence-electron chi connectivity index (χ0n) is 15.7. The highest BCUT2D eigenvalue weighted by Crippen LogP contribution is 2.36. The van der Waals surface area contributed by atoms with E-state index >= 15 is 0 Å². The molecule has 4 atom stereocenters. The van der Waals surface area contributed by atoms with E-state index in [0.29, 0.717) is 6.04 Å². The number of hydrogen-bond donors (Lipinski definition) is 2. The molecular weight excluding hydrogens is 324 g/mol. The summed E-state index contributed by atoms with van der Waals surface area (Å²) in [5, 5.41) is 5.99. The van der Waals surface area contributed by atoms with Gasteiger partial charge in [0.25, 0.3) is 0 Å². The molecule has 4 fully saturated rings. The Morgan fingerprint density at radius 1 is 1.08 bits per heavy atom. The van der Waals surface area contributed by atoms with E-state index in [-0.39, 0.29) is 6.03 Å². The number of nitrogens with zero attached hydrogens (tertiary/aromatic N) is 2. The van der Waals surface area contributed by atoms with Crippen molar-refractivity contribution in [2.75, 3.05) is 44.6 Å². The minimum absolute atomic E-state index is 0.0938. The van der Waals surface area contributed by atoms with Crippen LogP contribution in [-0.2, 0) is 0 Å². The number of hydrogen-bond acceptors (Lipinski definition) is 3. The zero-order valence-corrected chi connectivity index (χ0v) is 15.7. The summed E-state index contributed by atoms with van der Waals surface area (Å²) in [6.07, 6.45) is 6.75. The van der Waals surface area contributed by atoms with Gasteiger partial charge in [-0.2, -0.15) is 0 Å². The molecule has 1 aromatic rings. The molecule has 4 aliphatic rings. The third kappa shape index (κ3) is 4.38. The topological polar surface area (TPSA) is 47.6 Å². The Morgan fingerprint density at radius 3 is 2.62 bits per heavy atom. The molecule has 0 radical (unpaired) electrons. The van der Waals surface area contributed by atoms with Gasteiger partial charge in [0.05, 0.1) is 0 Å². The summed E-state index contributed by atoms with van der Waals surface area (Å²) in [5.74, 6) is 1.67. The lowest BCUT2D eigenvalue weighted by Crippen LogP contribution is -2.58. The van der Waals surface area contributed by atoms with Gasteiger partial charge in [-0.15, -0.1) is 0 Å². The fourth-order valence-corrected chi connectivity index (χ4v) is 5.05. The number of rotatable bonds is 5. The van der Waals surface area contributed by atoms with Crippen molar-refractivity contribution in [1.29, 1.82) is 0 Å². The molecule has 5 rings (SSSR count). The number of nitrogens with one attached hydrogen (secondary N) is 2. The second-order valence-corrected chi connectivity index (χ2v) is 8.26. The van der Waals surface area contributed by atoms with Crippen molar-refractivity contribution in [2.45, 2.75) is 38.1 Å². The van der Waals surface area contributed by atoms with Crippen molar-refractivity contribution < 1.29 is 4.79 Å². The summed E-state index contributed by atoms with van der Waals surface area (Å²) in [5.41, 5.74) is 0.845. The van der Waals surface area contributed by atoms with Crippen LogP contribution in [0.5, 0.6) is 0 Å². The highest BCUT2D eigenvalue weighted by atomic mass is 16.2. The first-order valence-electron chi connectivity index (χ1n) is 10.3. The van der Waals surface area contributed by atoms with Crippen molar-refractivity contribution in [2.24, 2.45) is 11.8 Å². The molecule has 0 spiro atoms. The third-order valence-corrected chi connectivity index (χ3v) is 6.49. The summed E-state index contributed by atoms with van der Waals surface area (Å²) in [6.45, 7) is 7.06. The van der Waals surface area contributed by atoms with Gasteiger partial charge in [-0.3, -0.25) is 4.90 Å².